The normalized spacial score (nSPS) is 11.6. The summed E-state index contributed by atoms with van der Waals surface area (Å²) < 4.78 is 0. The molecule has 25 heavy (non-hydrogen) atoms. The number of hydrogen-bond acceptors (Lipinski definition) is 3. The summed E-state index contributed by atoms with van der Waals surface area (Å²) in [5.41, 5.74) is 2.81. The first-order valence-electron chi connectivity index (χ1n) is 8.19. The van der Waals surface area contributed by atoms with Crippen LogP contribution in [0.25, 0.3) is 0 Å². The van der Waals surface area contributed by atoms with E-state index in [1.165, 1.54) is 0 Å². The standard InChI is InChI=1S/C19H25ClN4O/c1-14-12-16(25)8-9-18(14)23-19(21-10-11-24(2)3)22-13-15-6-4-5-7-17(15)20/h4-9,12,25H,10-11,13H2,1-3H3,(H2,21,22,23). The second kappa shape index (κ2) is 9.30. The summed E-state index contributed by atoms with van der Waals surface area (Å²) in [7, 11) is 4.06. The monoisotopic (exact) mass is 360 g/mol. The van der Waals surface area contributed by atoms with Crippen molar-refractivity contribution in [3.05, 3.63) is 58.6 Å². The first kappa shape index (κ1) is 19.1. The summed E-state index contributed by atoms with van der Waals surface area (Å²) >= 11 is 6.21. The predicted octanol–water partition coefficient (Wildman–Crippen LogP) is 3.47. The van der Waals surface area contributed by atoms with Gasteiger partial charge in [0.1, 0.15) is 5.75 Å². The average Bonchev–Trinajstić information content (AvgIpc) is 2.55. The fourth-order valence-corrected chi connectivity index (χ4v) is 2.44. The molecule has 0 amide bonds. The molecule has 2 aromatic rings. The van der Waals surface area contributed by atoms with Crippen molar-refractivity contribution in [2.24, 2.45) is 4.99 Å². The number of anilines is 1. The van der Waals surface area contributed by atoms with Crippen LogP contribution in [0.3, 0.4) is 0 Å². The molecule has 2 aromatic carbocycles. The molecule has 0 fully saturated rings. The number of aliphatic imine (C=N–C) groups is 1. The Morgan fingerprint density at radius 2 is 1.96 bits per heavy atom. The highest BCUT2D eigenvalue weighted by atomic mass is 35.5. The van der Waals surface area contributed by atoms with E-state index in [0.29, 0.717) is 17.5 Å². The van der Waals surface area contributed by atoms with Gasteiger partial charge in [-0.15, -0.1) is 0 Å². The number of rotatable bonds is 6. The second-order valence-electron chi connectivity index (χ2n) is 6.11. The third-order valence-electron chi connectivity index (χ3n) is 3.68. The van der Waals surface area contributed by atoms with Crippen molar-refractivity contribution in [1.29, 1.82) is 0 Å². The van der Waals surface area contributed by atoms with Gasteiger partial charge in [0.15, 0.2) is 5.96 Å². The second-order valence-corrected chi connectivity index (χ2v) is 6.52. The number of nitrogens with one attached hydrogen (secondary N) is 2. The lowest BCUT2D eigenvalue weighted by Crippen LogP contribution is -2.36. The molecule has 0 heterocycles. The van der Waals surface area contributed by atoms with Gasteiger partial charge in [0, 0.05) is 23.8 Å². The van der Waals surface area contributed by atoms with Gasteiger partial charge in [-0.25, -0.2) is 4.99 Å². The Labute approximate surface area is 154 Å². The third-order valence-corrected chi connectivity index (χ3v) is 4.05. The van der Waals surface area contributed by atoms with E-state index in [9.17, 15) is 5.11 Å². The number of hydrogen-bond donors (Lipinski definition) is 3. The molecule has 0 aromatic heterocycles. The molecule has 3 N–H and O–H groups in total. The maximum Gasteiger partial charge on any atom is 0.196 e. The smallest absolute Gasteiger partial charge is 0.196 e. The van der Waals surface area contributed by atoms with Crippen LogP contribution >= 0.6 is 11.6 Å². The van der Waals surface area contributed by atoms with Crippen molar-refractivity contribution in [2.75, 3.05) is 32.5 Å². The Hall–Kier alpha value is -2.24. The van der Waals surface area contributed by atoms with Crippen LogP contribution in [0.15, 0.2) is 47.5 Å². The fraction of sp³-hybridized carbons (Fsp3) is 0.316. The summed E-state index contributed by atoms with van der Waals surface area (Å²) in [5, 5.41) is 16.9. The Bertz CT molecular complexity index is 731. The van der Waals surface area contributed by atoms with Crippen LogP contribution in [0.2, 0.25) is 5.02 Å². The zero-order valence-electron chi connectivity index (χ0n) is 14.9. The van der Waals surface area contributed by atoms with Crippen LogP contribution in [0.4, 0.5) is 5.69 Å². The summed E-state index contributed by atoms with van der Waals surface area (Å²) in [6.45, 7) is 4.07. The average molecular weight is 361 g/mol. The van der Waals surface area contributed by atoms with Crippen molar-refractivity contribution in [1.82, 2.24) is 10.2 Å². The van der Waals surface area contributed by atoms with Gasteiger partial charge in [-0.3, -0.25) is 0 Å². The SMILES string of the molecule is Cc1cc(O)ccc1NC(=NCc1ccccc1Cl)NCCN(C)C. The molecule has 2 rings (SSSR count). The minimum Gasteiger partial charge on any atom is -0.508 e. The molecule has 0 saturated carbocycles. The van der Waals surface area contributed by atoms with E-state index in [0.717, 1.165) is 29.9 Å². The predicted molar refractivity (Wildman–Crippen MR) is 106 cm³/mol. The van der Waals surface area contributed by atoms with E-state index in [1.54, 1.807) is 12.1 Å². The van der Waals surface area contributed by atoms with Crippen molar-refractivity contribution < 1.29 is 5.11 Å². The highest BCUT2D eigenvalue weighted by Gasteiger charge is 2.05. The molecule has 0 saturated heterocycles. The maximum atomic E-state index is 9.56. The number of aryl methyl sites for hydroxylation is 1. The number of guanidine groups is 1. The van der Waals surface area contributed by atoms with E-state index < -0.39 is 0 Å². The van der Waals surface area contributed by atoms with Gasteiger partial charge in [-0.2, -0.15) is 0 Å². The molecular weight excluding hydrogens is 336 g/mol. The van der Waals surface area contributed by atoms with Crippen LogP contribution in [-0.4, -0.2) is 43.2 Å². The number of aromatic hydroxyl groups is 1. The summed E-state index contributed by atoms with van der Waals surface area (Å²) in [5.74, 6) is 0.925. The van der Waals surface area contributed by atoms with Gasteiger partial charge < -0.3 is 20.6 Å². The minimum atomic E-state index is 0.248. The van der Waals surface area contributed by atoms with Gasteiger partial charge in [-0.05, 0) is 56.4 Å². The van der Waals surface area contributed by atoms with Gasteiger partial charge >= 0.3 is 0 Å². The zero-order chi connectivity index (χ0) is 18.2. The Kier molecular flexibility index (Phi) is 7.10. The van der Waals surface area contributed by atoms with E-state index in [4.69, 9.17) is 11.6 Å². The van der Waals surface area contributed by atoms with E-state index in [-0.39, 0.29) is 5.75 Å². The van der Waals surface area contributed by atoms with Gasteiger partial charge in [0.25, 0.3) is 0 Å². The van der Waals surface area contributed by atoms with Crippen molar-refractivity contribution in [3.63, 3.8) is 0 Å². The topological polar surface area (TPSA) is 59.9 Å². The third kappa shape index (κ3) is 6.29. The van der Waals surface area contributed by atoms with Crippen molar-refractivity contribution in [2.45, 2.75) is 13.5 Å². The lowest BCUT2D eigenvalue weighted by Gasteiger charge is -2.16. The van der Waals surface area contributed by atoms with Gasteiger partial charge in [0.05, 0.1) is 6.54 Å². The molecule has 0 spiro atoms. The van der Waals surface area contributed by atoms with E-state index in [1.807, 2.05) is 51.4 Å². The summed E-state index contributed by atoms with van der Waals surface area (Å²) in [6.07, 6.45) is 0. The number of phenols is 1. The first-order chi connectivity index (χ1) is 12.0. The first-order valence-corrected chi connectivity index (χ1v) is 8.56. The highest BCUT2D eigenvalue weighted by Crippen LogP contribution is 2.20. The van der Waals surface area contributed by atoms with Crippen LogP contribution in [0.5, 0.6) is 5.75 Å². The Balaban J connectivity index is 2.13. The fourth-order valence-electron chi connectivity index (χ4n) is 2.24. The molecule has 0 aliphatic heterocycles. The molecule has 134 valence electrons. The molecule has 6 heteroatoms. The molecule has 0 aliphatic carbocycles. The van der Waals surface area contributed by atoms with E-state index >= 15 is 0 Å². The number of likely N-dealkylation sites (N-methyl/N-ethyl adjacent to an activating group) is 1. The molecule has 0 radical (unpaired) electrons. The van der Waals surface area contributed by atoms with E-state index in [2.05, 4.69) is 20.5 Å². The summed E-state index contributed by atoms with van der Waals surface area (Å²) in [6, 6.07) is 12.9. The van der Waals surface area contributed by atoms with Gasteiger partial charge in [0.2, 0.25) is 0 Å². The number of nitrogens with zero attached hydrogens (tertiary/aromatic N) is 2. The highest BCUT2D eigenvalue weighted by molar-refractivity contribution is 6.31. The van der Waals surface area contributed by atoms with Gasteiger partial charge in [-0.1, -0.05) is 29.8 Å². The lowest BCUT2D eigenvalue weighted by molar-refractivity contribution is 0.412. The maximum absolute atomic E-state index is 9.56. The van der Waals surface area contributed by atoms with Crippen molar-refractivity contribution in [3.8, 4) is 5.75 Å². The van der Waals surface area contributed by atoms with Crippen LogP contribution in [0, 0.1) is 6.92 Å². The lowest BCUT2D eigenvalue weighted by atomic mass is 10.2. The number of halogens is 1. The van der Waals surface area contributed by atoms with Crippen LogP contribution < -0.4 is 10.6 Å². The molecule has 0 bridgehead atoms. The quantitative estimate of drug-likeness (QED) is 0.419. The Morgan fingerprint density at radius 3 is 2.64 bits per heavy atom. The Morgan fingerprint density at radius 1 is 1.20 bits per heavy atom. The molecule has 0 aliphatic rings. The molecule has 0 unspecified atom stereocenters. The zero-order valence-corrected chi connectivity index (χ0v) is 15.6. The minimum absolute atomic E-state index is 0.248. The van der Waals surface area contributed by atoms with Crippen LogP contribution in [-0.2, 0) is 6.54 Å². The number of phenolic OH excluding ortho intramolecular Hbond substituents is 1. The largest absolute Gasteiger partial charge is 0.508 e. The van der Waals surface area contributed by atoms with Crippen molar-refractivity contribution >= 4 is 23.2 Å². The molecular formula is C19H25ClN4O. The number of benzene rings is 2. The molecule has 5 nitrogen and oxygen atoms in total. The molecule has 0 atom stereocenters. The summed E-state index contributed by atoms with van der Waals surface area (Å²) in [4.78, 5) is 6.74. The van der Waals surface area contributed by atoms with Crippen LogP contribution in [0.1, 0.15) is 11.1 Å².